The molecule has 0 radical (unpaired) electrons. The first-order valence-electron chi connectivity index (χ1n) is 16.1. The Morgan fingerprint density at radius 3 is 1.42 bits per heavy atom. The topological polar surface area (TPSA) is 77.5 Å². The molecule has 0 aromatic heterocycles. The molecule has 8 nitrogen and oxygen atoms in total. The Bertz CT molecular complexity index is 1740. The number of nitrogens with zero attached hydrogens (tertiary/aromatic N) is 2. The molecule has 2 fully saturated rings. The minimum absolute atomic E-state index is 0.147. The summed E-state index contributed by atoms with van der Waals surface area (Å²) in [6.45, 7) is 1.69. The summed E-state index contributed by atoms with van der Waals surface area (Å²) >= 11 is 0. The van der Waals surface area contributed by atoms with Crippen LogP contribution in [0.1, 0.15) is 24.0 Å². The fourth-order valence-electron chi connectivity index (χ4n) is 5.94. The van der Waals surface area contributed by atoms with E-state index in [2.05, 4.69) is 0 Å². The zero-order valence-corrected chi connectivity index (χ0v) is 26.9. The summed E-state index contributed by atoms with van der Waals surface area (Å²) in [5, 5.41) is 2.87. The molecule has 2 atom stereocenters. The molecule has 50 heavy (non-hydrogen) atoms. The molecule has 6 rings (SSSR count). The molecule has 2 aliphatic heterocycles. The second-order valence-electron chi connectivity index (χ2n) is 11.9. The van der Waals surface area contributed by atoms with Crippen LogP contribution in [0.3, 0.4) is 0 Å². The van der Waals surface area contributed by atoms with Crippen molar-refractivity contribution in [3.05, 3.63) is 131 Å². The van der Waals surface area contributed by atoms with Crippen molar-refractivity contribution >= 4 is 11.9 Å². The molecule has 0 saturated carbocycles. The van der Waals surface area contributed by atoms with Gasteiger partial charge in [0.2, 0.25) is 0 Å². The minimum atomic E-state index is -0.929. The van der Waals surface area contributed by atoms with E-state index in [1.165, 1.54) is 34.4 Å². The number of ether oxygens (including phenoxy) is 2. The van der Waals surface area contributed by atoms with Crippen LogP contribution in [0.15, 0.2) is 97.1 Å². The predicted molar refractivity (Wildman–Crippen MR) is 174 cm³/mol. The number of benzene rings is 4. The molecule has 0 N–H and O–H groups in total. The molecule has 2 saturated heterocycles. The van der Waals surface area contributed by atoms with E-state index in [4.69, 9.17) is 19.1 Å². The van der Waals surface area contributed by atoms with Crippen LogP contribution in [-0.4, -0.2) is 60.5 Å². The van der Waals surface area contributed by atoms with Crippen molar-refractivity contribution in [3.8, 4) is 22.3 Å². The number of carbonyl (C=O) groups excluding carboxylic acids is 2. The molecule has 12 heteroatoms. The second-order valence-corrected chi connectivity index (χ2v) is 11.9. The Morgan fingerprint density at radius 1 is 0.580 bits per heavy atom. The molecule has 0 amide bonds. The lowest BCUT2D eigenvalue weighted by molar-refractivity contribution is -0.183. The Labute approximate surface area is 286 Å². The average molecular weight is 691 g/mol. The lowest BCUT2D eigenvalue weighted by atomic mass is 9.99. The number of hydrogen-bond donors (Lipinski definition) is 0. The van der Waals surface area contributed by atoms with Crippen LogP contribution < -0.4 is 0 Å². The summed E-state index contributed by atoms with van der Waals surface area (Å²) in [6, 6.07) is 22.1. The second kappa shape index (κ2) is 16.2. The number of carbonyl (C=O) groups is 2. The Hall–Kier alpha value is -4.88. The van der Waals surface area contributed by atoms with Crippen LogP contribution in [-0.2, 0) is 42.0 Å². The maximum absolute atomic E-state index is 14.4. The van der Waals surface area contributed by atoms with Gasteiger partial charge in [0.15, 0.2) is 23.3 Å². The summed E-state index contributed by atoms with van der Waals surface area (Å²) in [5.41, 5.74) is 2.73. The largest absolute Gasteiger partial charge is 0.372 e. The van der Waals surface area contributed by atoms with E-state index in [-0.39, 0.29) is 49.6 Å². The van der Waals surface area contributed by atoms with Crippen molar-refractivity contribution in [2.75, 3.05) is 26.2 Å². The number of hydroxylamine groups is 4. The van der Waals surface area contributed by atoms with Crippen LogP contribution in [0.2, 0.25) is 0 Å². The summed E-state index contributed by atoms with van der Waals surface area (Å²) in [7, 11) is 0. The number of rotatable bonds is 12. The van der Waals surface area contributed by atoms with E-state index >= 15 is 0 Å². The molecule has 4 aromatic carbocycles. The summed E-state index contributed by atoms with van der Waals surface area (Å²) < 4.78 is 68.5. The van der Waals surface area contributed by atoms with E-state index in [0.717, 1.165) is 24.3 Å². The normalized spacial score (nSPS) is 18.2. The van der Waals surface area contributed by atoms with Crippen molar-refractivity contribution in [2.45, 2.75) is 38.3 Å². The van der Waals surface area contributed by atoms with Crippen LogP contribution in [0.4, 0.5) is 17.6 Å². The van der Waals surface area contributed by atoms with Gasteiger partial charge in [-0.05, 0) is 47.2 Å². The number of hydrogen-bond acceptors (Lipinski definition) is 8. The molecule has 260 valence electrons. The third kappa shape index (κ3) is 8.64. The molecule has 0 bridgehead atoms. The van der Waals surface area contributed by atoms with Crippen LogP contribution >= 0.6 is 0 Å². The van der Waals surface area contributed by atoms with Gasteiger partial charge in [-0.25, -0.2) is 27.2 Å². The smallest absolute Gasteiger partial charge is 0.349 e. The number of halogens is 4. The quantitative estimate of drug-likeness (QED) is 0.117. The molecule has 2 heterocycles. The lowest BCUT2D eigenvalue weighted by Gasteiger charge is -2.17. The van der Waals surface area contributed by atoms with Gasteiger partial charge >= 0.3 is 11.9 Å². The highest BCUT2D eigenvalue weighted by molar-refractivity contribution is 5.91. The highest BCUT2D eigenvalue weighted by Crippen LogP contribution is 2.30. The third-order valence-corrected chi connectivity index (χ3v) is 8.48. The molecule has 0 unspecified atom stereocenters. The van der Waals surface area contributed by atoms with E-state index in [1.54, 1.807) is 48.5 Å². The first-order valence-corrected chi connectivity index (χ1v) is 16.1. The van der Waals surface area contributed by atoms with Gasteiger partial charge in [0.1, 0.15) is 0 Å². The van der Waals surface area contributed by atoms with E-state index in [0.29, 0.717) is 48.2 Å². The van der Waals surface area contributed by atoms with Crippen LogP contribution in [0, 0.1) is 23.3 Å². The van der Waals surface area contributed by atoms with Gasteiger partial charge in [0.05, 0.1) is 38.5 Å². The Morgan fingerprint density at radius 2 is 0.980 bits per heavy atom. The van der Waals surface area contributed by atoms with Crippen molar-refractivity contribution < 1.29 is 46.3 Å². The van der Waals surface area contributed by atoms with Crippen molar-refractivity contribution in [1.82, 2.24) is 10.1 Å². The minimum Gasteiger partial charge on any atom is -0.372 e. The van der Waals surface area contributed by atoms with Gasteiger partial charge in [0, 0.05) is 36.4 Å². The van der Waals surface area contributed by atoms with E-state index < -0.39 is 35.2 Å². The maximum Gasteiger partial charge on any atom is 0.349 e. The third-order valence-electron chi connectivity index (χ3n) is 8.48. The molecule has 4 aromatic rings. The van der Waals surface area contributed by atoms with Gasteiger partial charge in [0.25, 0.3) is 0 Å². The zero-order valence-electron chi connectivity index (χ0n) is 26.9. The SMILES string of the molecule is O=C(/C=C/C(=O)ON1CC[C@H](OCc2ccccc2-c2cccc(F)c2F)C1)ON1CC[C@H](OCc2ccccc2-c2cccc(F)c2F)C1. The Kier molecular flexibility index (Phi) is 11.3. The average Bonchev–Trinajstić information content (AvgIpc) is 3.77. The van der Waals surface area contributed by atoms with Crippen molar-refractivity contribution in [3.63, 3.8) is 0 Å². The lowest BCUT2D eigenvalue weighted by Crippen LogP contribution is -2.27. The van der Waals surface area contributed by atoms with Gasteiger partial charge in [-0.3, -0.25) is 0 Å². The first-order chi connectivity index (χ1) is 24.2. The highest BCUT2D eigenvalue weighted by atomic mass is 19.2. The Balaban J connectivity index is 0.919. The summed E-state index contributed by atoms with van der Waals surface area (Å²) in [6.07, 6.45) is 2.55. The zero-order chi connectivity index (χ0) is 35.0. The molecule has 0 aliphatic carbocycles. The first kappa shape index (κ1) is 35.0. The molecule has 0 spiro atoms. The fourth-order valence-corrected chi connectivity index (χ4v) is 5.94. The van der Waals surface area contributed by atoms with Crippen LogP contribution in [0.25, 0.3) is 22.3 Å². The molecular formula is C38H34F4N2O6. The van der Waals surface area contributed by atoms with Gasteiger partial charge in [-0.1, -0.05) is 72.8 Å². The van der Waals surface area contributed by atoms with E-state index in [1.807, 2.05) is 0 Å². The maximum atomic E-state index is 14.4. The van der Waals surface area contributed by atoms with Gasteiger partial charge < -0.3 is 19.1 Å². The van der Waals surface area contributed by atoms with Crippen LogP contribution in [0.5, 0.6) is 0 Å². The van der Waals surface area contributed by atoms with Crippen molar-refractivity contribution in [2.24, 2.45) is 0 Å². The predicted octanol–water partition coefficient (Wildman–Crippen LogP) is 6.93. The standard InChI is InChI=1S/C38H34F4N2O6/c39-33-13-5-11-31(37(33)41)29-9-3-1-7-25(29)23-47-27-17-19-43(21-27)49-35(45)15-16-36(46)50-44-20-18-28(22-44)48-24-26-8-2-4-10-30(26)32-12-6-14-34(40)38(32)42/h1-16,27-28H,17-24H2/b16-15+/t27-,28-/m0/s1. The molecule has 2 aliphatic rings. The molecular weight excluding hydrogens is 656 g/mol. The summed E-state index contributed by atoms with van der Waals surface area (Å²) in [5.74, 6) is -5.22. The van der Waals surface area contributed by atoms with E-state index in [9.17, 15) is 27.2 Å². The van der Waals surface area contributed by atoms with Gasteiger partial charge in [-0.15, -0.1) is 10.1 Å². The monoisotopic (exact) mass is 690 g/mol. The highest BCUT2D eigenvalue weighted by Gasteiger charge is 2.28. The fraction of sp³-hybridized carbons (Fsp3) is 0.263. The van der Waals surface area contributed by atoms with Crippen molar-refractivity contribution in [1.29, 1.82) is 0 Å². The van der Waals surface area contributed by atoms with Gasteiger partial charge in [-0.2, -0.15) is 0 Å². The summed E-state index contributed by atoms with van der Waals surface area (Å²) in [4.78, 5) is 35.4.